The SMILES string of the molecule is COC(=O)c1ccc(-c2ccc(C3C(c4ccccn4)NC(=S)N3Cc3ccco3)o2)cc1. The lowest BCUT2D eigenvalue weighted by atomic mass is 10.0. The molecule has 1 aliphatic heterocycles. The summed E-state index contributed by atoms with van der Waals surface area (Å²) in [5.41, 5.74) is 2.21. The summed E-state index contributed by atoms with van der Waals surface area (Å²) in [6, 6.07) is 20.2. The Kier molecular flexibility index (Phi) is 5.66. The number of thiocarbonyl (C=S) groups is 1. The van der Waals surface area contributed by atoms with E-state index in [0.29, 0.717) is 23.0 Å². The first-order valence-corrected chi connectivity index (χ1v) is 10.8. The lowest BCUT2D eigenvalue weighted by molar-refractivity contribution is 0.0600. The number of furan rings is 2. The number of hydrogen-bond donors (Lipinski definition) is 1. The molecule has 0 radical (unpaired) electrons. The first kappa shape index (κ1) is 21.0. The predicted octanol–water partition coefficient (Wildman–Crippen LogP) is 4.89. The summed E-state index contributed by atoms with van der Waals surface area (Å²) in [5, 5.41) is 4.00. The van der Waals surface area contributed by atoms with Crippen molar-refractivity contribution in [3.8, 4) is 11.3 Å². The molecule has 3 aromatic heterocycles. The molecule has 4 aromatic rings. The van der Waals surface area contributed by atoms with Gasteiger partial charge in [-0.25, -0.2) is 4.79 Å². The van der Waals surface area contributed by atoms with E-state index >= 15 is 0 Å². The van der Waals surface area contributed by atoms with Gasteiger partial charge in [-0.05, 0) is 60.7 Å². The smallest absolute Gasteiger partial charge is 0.337 e. The van der Waals surface area contributed by atoms with E-state index in [9.17, 15) is 4.79 Å². The molecule has 1 aliphatic rings. The maximum atomic E-state index is 11.7. The number of methoxy groups -OCH3 is 1. The van der Waals surface area contributed by atoms with Crippen LogP contribution in [0.3, 0.4) is 0 Å². The monoisotopic (exact) mass is 459 g/mol. The highest BCUT2D eigenvalue weighted by atomic mass is 32.1. The Bertz CT molecular complexity index is 1250. The van der Waals surface area contributed by atoms with E-state index < -0.39 is 0 Å². The van der Waals surface area contributed by atoms with Crippen LogP contribution in [0.15, 0.2) is 88.0 Å². The Morgan fingerprint density at radius 2 is 1.97 bits per heavy atom. The molecule has 4 heterocycles. The summed E-state index contributed by atoms with van der Waals surface area (Å²) in [5.74, 6) is 1.86. The van der Waals surface area contributed by atoms with Gasteiger partial charge in [0.15, 0.2) is 5.11 Å². The number of carbonyl (C=O) groups excluding carboxylic acids is 1. The van der Waals surface area contributed by atoms with Gasteiger partial charge in [0.05, 0.1) is 37.2 Å². The molecule has 0 bridgehead atoms. The maximum absolute atomic E-state index is 11.7. The average Bonchev–Trinajstić information content (AvgIpc) is 3.61. The summed E-state index contributed by atoms with van der Waals surface area (Å²) in [4.78, 5) is 18.3. The molecular formula is C25H21N3O4S. The molecule has 7 nitrogen and oxygen atoms in total. The second kappa shape index (κ2) is 8.91. The number of nitrogens with zero attached hydrogens (tertiary/aromatic N) is 2. The molecule has 1 aromatic carbocycles. The molecule has 2 unspecified atom stereocenters. The lowest BCUT2D eigenvalue weighted by Crippen LogP contribution is -2.28. The van der Waals surface area contributed by atoms with Crippen LogP contribution in [-0.2, 0) is 11.3 Å². The van der Waals surface area contributed by atoms with Crippen LogP contribution < -0.4 is 5.32 Å². The zero-order valence-electron chi connectivity index (χ0n) is 17.8. The number of benzene rings is 1. The van der Waals surface area contributed by atoms with Crippen LogP contribution in [0.4, 0.5) is 0 Å². The topological polar surface area (TPSA) is 80.7 Å². The minimum Gasteiger partial charge on any atom is -0.467 e. The van der Waals surface area contributed by atoms with Crippen molar-refractivity contribution in [1.82, 2.24) is 15.2 Å². The van der Waals surface area contributed by atoms with Crippen molar-refractivity contribution in [3.05, 3.63) is 102 Å². The fraction of sp³-hybridized carbons (Fsp3) is 0.160. The zero-order chi connectivity index (χ0) is 22.8. The molecule has 33 heavy (non-hydrogen) atoms. The molecule has 8 heteroatoms. The van der Waals surface area contributed by atoms with Crippen LogP contribution in [0.5, 0.6) is 0 Å². The standard InChI is InChI=1S/C25H21N3O4S/c1-30-24(29)17-9-7-16(8-10-17)20-11-12-21(32-20)23-22(19-6-2-3-13-26-19)27-25(33)28(23)15-18-5-4-14-31-18/h2-14,22-23H,15H2,1H3,(H,27,33). The largest absolute Gasteiger partial charge is 0.467 e. The van der Waals surface area contributed by atoms with Crippen molar-refractivity contribution in [3.63, 3.8) is 0 Å². The van der Waals surface area contributed by atoms with Gasteiger partial charge in [0, 0.05) is 11.8 Å². The Balaban J connectivity index is 1.49. The molecule has 5 rings (SSSR count). The Morgan fingerprint density at radius 1 is 1.12 bits per heavy atom. The van der Waals surface area contributed by atoms with Gasteiger partial charge in [-0.3, -0.25) is 4.98 Å². The number of rotatable bonds is 6. The summed E-state index contributed by atoms with van der Waals surface area (Å²) in [7, 11) is 1.36. The van der Waals surface area contributed by atoms with Gasteiger partial charge in [0.25, 0.3) is 0 Å². The quantitative estimate of drug-likeness (QED) is 0.322. The molecule has 1 N–H and O–H groups in total. The summed E-state index contributed by atoms with van der Waals surface area (Å²) in [6.07, 6.45) is 3.42. The second-order valence-electron chi connectivity index (χ2n) is 7.60. The lowest BCUT2D eigenvalue weighted by Gasteiger charge is -2.25. The third kappa shape index (κ3) is 4.12. The number of nitrogens with one attached hydrogen (secondary N) is 1. The first-order chi connectivity index (χ1) is 16.1. The minimum atomic E-state index is -0.376. The van der Waals surface area contributed by atoms with Gasteiger partial charge in [0.1, 0.15) is 23.3 Å². The van der Waals surface area contributed by atoms with Gasteiger partial charge >= 0.3 is 5.97 Å². The third-order valence-electron chi connectivity index (χ3n) is 5.61. The third-order valence-corrected chi connectivity index (χ3v) is 5.97. The van der Waals surface area contributed by atoms with Gasteiger partial charge in [-0.15, -0.1) is 0 Å². The molecular weight excluding hydrogens is 438 g/mol. The van der Waals surface area contributed by atoms with E-state index in [0.717, 1.165) is 22.8 Å². The van der Waals surface area contributed by atoms with Crippen molar-refractivity contribution in [2.45, 2.75) is 18.6 Å². The minimum absolute atomic E-state index is 0.186. The molecule has 0 saturated carbocycles. The van der Waals surface area contributed by atoms with Crippen LogP contribution in [0.2, 0.25) is 0 Å². The van der Waals surface area contributed by atoms with Crippen LogP contribution >= 0.6 is 12.2 Å². The average molecular weight is 460 g/mol. The van der Waals surface area contributed by atoms with Crippen LogP contribution in [0, 0.1) is 0 Å². The number of esters is 1. The molecule has 1 fully saturated rings. The van der Waals surface area contributed by atoms with Crippen molar-refractivity contribution < 1.29 is 18.4 Å². The van der Waals surface area contributed by atoms with Gasteiger partial charge < -0.3 is 23.8 Å². The summed E-state index contributed by atoms with van der Waals surface area (Å²) >= 11 is 5.68. The van der Waals surface area contributed by atoms with Crippen molar-refractivity contribution in [2.75, 3.05) is 7.11 Å². The van der Waals surface area contributed by atoms with Crippen LogP contribution in [0.25, 0.3) is 11.3 Å². The van der Waals surface area contributed by atoms with Crippen molar-refractivity contribution >= 4 is 23.3 Å². The Morgan fingerprint density at radius 3 is 2.67 bits per heavy atom. The fourth-order valence-corrected chi connectivity index (χ4v) is 4.32. The number of hydrogen-bond acceptors (Lipinski definition) is 6. The van der Waals surface area contributed by atoms with Gasteiger partial charge in [0.2, 0.25) is 0 Å². The predicted molar refractivity (Wildman–Crippen MR) is 125 cm³/mol. The number of pyridine rings is 1. The summed E-state index contributed by atoms with van der Waals surface area (Å²) < 4.78 is 16.7. The van der Waals surface area contributed by atoms with E-state index in [4.69, 9.17) is 25.8 Å². The maximum Gasteiger partial charge on any atom is 0.337 e. The summed E-state index contributed by atoms with van der Waals surface area (Å²) in [6.45, 7) is 0.497. The Labute approximate surface area is 196 Å². The van der Waals surface area contributed by atoms with E-state index in [1.54, 1.807) is 24.6 Å². The zero-order valence-corrected chi connectivity index (χ0v) is 18.6. The van der Waals surface area contributed by atoms with Crippen molar-refractivity contribution in [1.29, 1.82) is 0 Å². The number of ether oxygens (including phenoxy) is 1. The van der Waals surface area contributed by atoms with E-state index in [1.807, 2.05) is 54.6 Å². The molecule has 1 saturated heterocycles. The highest BCUT2D eigenvalue weighted by Gasteiger charge is 2.42. The molecule has 0 aliphatic carbocycles. The molecule has 0 amide bonds. The van der Waals surface area contributed by atoms with E-state index in [1.165, 1.54) is 7.11 Å². The highest BCUT2D eigenvalue weighted by molar-refractivity contribution is 7.80. The number of carbonyl (C=O) groups is 1. The first-order valence-electron chi connectivity index (χ1n) is 10.4. The molecule has 166 valence electrons. The second-order valence-corrected chi connectivity index (χ2v) is 7.99. The fourth-order valence-electron chi connectivity index (χ4n) is 4.01. The van der Waals surface area contributed by atoms with E-state index in [-0.39, 0.29) is 18.1 Å². The number of aromatic nitrogens is 1. The van der Waals surface area contributed by atoms with Crippen molar-refractivity contribution in [2.24, 2.45) is 0 Å². The van der Waals surface area contributed by atoms with Crippen LogP contribution in [-0.4, -0.2) is 28.1 Å². The normalized spacial score (nSPS) is 17.7. The molecule has 0 spiro atoms. The highest BCUT2D eigenvalue weighted by Crippen LogP contribution is 2.41. The van der Waals surface area contributed by atoms with E-state index in [2.05, 4.69) is 15.2 Å². The molecule has 2 atom stereocenters. The van der Waals surface area contributed by atoms with Gasteiger partial charge in [-0.1, -0.05) is 18.2 Å². The van der Waals surface area contributed by atoms with Crippen LogP contribution in [0.1, 0.15) is 39.7 Å². The van der Waals surface area contributed by atoms with Gasteiger partial charge in [-0.2, -0.15) is 0 Å². The Hall–Kier alpha value is -3.91.